The summed E-state index contributed by atoms with van der Waals surface area (Å²) in [6, 6.07) is 4.26. The van der Waals surface area contributed by atoms with Gasteiger partial charge in [0.05, 0.1) is 23.8 Å². The number of carbonyl (C=O) groups excluding carboxylic acids is 1. The molecule has 1 amide bonds. The summed E-state index contributed by atoms with van der Waals surface area (Å²) in [5.74, 6) is -0.343. The predicted octanol–water partition coefficient (Wildman–Crippen LogP) is 1.27. The molecule has 2 heterocycles. The standard InChI is InChI=1S/C18H20N6O3S/c1-12-4-5-14(28(3,26)27)8-15(12)18(25)21-13(2)10-24-11-17(22-23-24)16-9-19-6-7-20-16/h4-9,11,13H,10H2,1-3H3,(H,21,25). The van der Waals surface area contributed by atoms with Crippen molar-refractivity contribution in [1.82, 2.24) is 30.3 Å². The summed E-state index contributed by atoms with van der Waals surface area (Å²) >= 11 is 0. The molecule has 0 radical (unpaired) electrons. The Kier molecular flexibility index (Phi) is 5.50. The van der Waals surface area contributed by atoms with Crippen molar-refractivity contribution in [3.63, 3.8) is 0 Å². The zero-order chi connectivity index (χ0) is 20.3. The van der Waals surface area contributed by atoms with Crippen LogP contribution in [0.1, 0.15) is 22.8 Å². The lowest BCUT2D eigenvalue weighted by Gasteiger charge is -2.15. The van der Waals surface area contributed by atoms with Crippen molar-refractivity contribution in [1.29, 1.82) is 0 Å². The Hall–Kier alpha value is -3.14. The quantitative estimate of drug-likeness (QED) is 0.661. The van der Waals surface area contributed by atoms with Crippen molar-refractivity contribution in [2.45, 2.75) is 31.3 Å². The second-order valence-corrected chi connectivity index (χ2v) is 8.56. The molecule has 3 aromatic rings. The minimum atomic E-state index is -3.39. The SMILES string of the molecule is Cc1ccc(S(C)(=O)=O)cc1C(=O)NC(C)Cn1cc(-c2cnccn2)nn1. The first kappa shape index (κ1) is 19.6. The molecule has 1 aromatic carbocycles. The van der Waals surface area contributed by atoms with Crippen LogP contribution in [-0.4, -0.2) is 51.6 Å². The van der Waals surface area contributed by atoms with E-state index in [-0.39, 0.29) is 16.8 Å². The lowest BCUT2D eigenvalue weighted by molar-refractivity contribution is 0.0935. The van der Waals surface area contributed by atoms with Gasteiger partial charge in [-0.25, -0.2) is 13.1 Å². The second kappa shape index (κ2) is 7.85. The van der Waals surface area contributed by atoms with E-state index in [9.17, 15) is 13.2 Å². The number of sulfone groups is 1. The van der Waals surface area contributed by atoms with Crippen LogP contribution in [0.3, 0.4) is 0 Å². The maximum Gasteiger partial charge on any atom is 0.251 e. The second-order valence-electron chi connectivity index (χ2n) is 6.54. The predicted molar refractivity (Wildman–Crippen MR) is 102 cm³/mol. The van der Waals surface area contributed by atoms with Gasteiger partial charge in [-0.1, -0.05) is 11.3 Å². The van der Waals surface area contributed by atoms with E-state index < -0.39 is 9.84 Å². The molecule has 3 rings (SSSR count). The number of hydrogen-bond donors (Lipinski definition) is 1. The molecule has 146 valence electrons. The number of nitrogens with one attached hydrogen (secondary N) is 1. The van der Waals surface area contributed by atoms with Crippen LogP contribution in [0.5, 0.6) is 0 Å². The van der Waals surface area contributed by atoms with Crippen molar-refractivity contribution in [2.75, 3.05) is 6.26 Å². The molecule has 2 aromatic heterocycles. The van der Waals surface area contributed by atoms with Crippen molar-refractivity contribution in [3.05, 3.63) is 54.1 Å². The van der Waals surface area contributed by atoms with Gasteiger partial charge in [0.25, 0.3) is 5.91 Å². The maximum absolute atomic E-state index is 12.6. The number of rotatable bonds is 6. The Morgan fingerprint density at radius 3 is 2.71 bits per heavy atom. The van der Waals surface area contributed by atoms with E-state index in [1.54, 1.807) is 42.5 Å². The van der Waals surface area contributed by atoms with Crippen LogP contribution in [0.4, 0.5) is 0 Å². The highest BCUT2D eigenvalue weighted by atomic mass is 32.2. The van der Waals surface area contributed by atoms with E-state index in [1.807, 2.05) is 6.92 Å². The molecule has 0 bridgehead atoms. The lowest BCUT2D eigenvalue weighted by Crippen LogP contribution is -2.36. The van der Waals surface area contributed by atoms with Crippen LogP contribution < -0.4 is 5.32 Å². The minimum Gasteiger partial charge on any atom is -0.348 e. The molecule has 0 aliphatic heterocycles. The van der Waals surface area contributed by atoms with E-state index in [2.05, 4.69) is 25.6 Å². The number of nitrogens with zero attached hydrogens (tertiary/aromatic N) is 5. The first-order valence-corrected chi connectivity index (χ1v) is 10.4. The fourth-order valence-corrected chi connectivity index (χ4v) is 3.29. The Morgan fingerprint density at radius 1 is 1.25 bits per heavy atom. The van der Waals surface area contributed by atoms with Crippen LogP contribution in [0.25, 0.3) is 11.4 Å². The molecule has 9 nitrogen and oxygen atoms in total. The third-order valence-corrected chi connectivity index (χ3v) is 5.19. The van der Waals surface area contributed by atoms with E-state index in [0.29, 0.717) is 29.1 Å². The number of aromatic nitrogens is 5. The van der Waals surface area contributed by atoms with Crippen LogP contribution in [0.15, 0.2) is 47.9 Å². The van der Waals surface area contributed by atoms with Crippen molar-refractivity contribution < 1.29 is 13.2 Å². The summed E-state index contributed by atoms with van der Waals surface area (Å²) in [7, 11) is -3.39. The van der Waals surface area contributed by atoms with Gasteiger partial charge in [-0.2, -0.15) is 0 Å². The van der Waals surface area contributed by atoms with E-state index in [1.165, 1.54) is 12.1 Å². The molecule has 1 N–H and O–H groups in total. The molecule has 0 fully saturated rings. The average Bonchev–Trinajstić information content (AvgIpc) is 3.10. The van der Waals surface area contributed by atoms with Crippen molar-refractivity contribution in [3.8, 4) is 11.4 Å². The highest BCUT2D eigenvalue weighted by Gasteiger charge is 2.17. The molecule has 10 heteroatoms. The largest absolute Gasteiger partial charge is 0.348 e. The highest BCUT2D eigenvalue weighted by Crippen LogP contribution is 2.16. The molecule has 0 saturated carbocycles. The molecular formula is C18H20N6O3S. The molecular weight excluding hydrogens is 380 g/mol. The van der Waals surface area contributed by atoms with Gasteiger partial charge in [-0.3, -0.25) is 14.8 Å². The molecule has 1 unspecified atom stereocenters. The van der Waals surface area contributed by atoms with Crippen molar-refractivity contribution in [2.24, 2.45) is 0 Å². The van der Waals surface area contributed by atoms with Gasteiger partial charge < -0.3 is 5.32 Å². The summed E-state index contributed by atoms with van der Waals surface area (Å²) in [5.41, 5.74) is 2.22. The summed E-state index contributed by atoms with van der Waals surface area (Å²) < 4.78 is 25.1. The van der Waals surface area contributed by atoms with Gasteiger partial charge in [0, 0.05) is 30.3 Å². The number of amides is 1. The van der Waals surface area contributed by atoms with Gasteiger partial charge in [-0.15, -0.1) is 5.10 Å². The van der Waals surface area contributed by atoms with Gasteiger partial charge in [-0.05, 0) is 31.5 Å². The van der Waals surface area contributed by atoms with Gasteiger partial charge >= 0.3 is 0 Å². The zero-order valence-corrected chi connectivity index (χ0v) is 16.5. The molecule has 28 heavy (non-hydrogen) atoms. The summed E-state index contributed by atoms with van der Waals surface area (Å²) in [5, 5.41) is 11.0. The third-order valence-electron chi connectivity index (χ3n) is 4.08. The molecule has 0 aliphatic rings. The monoisotopic (exact) mass is 400 g/mol. The minimum absolute atomic E-state index is 0.112. The fourth-order valence-electron chi connectivity index (χ4n) is 2.64. The fraction of sp³-hybridized carbons (Fsp3) is 0.278. The van der Waals surface area contributed by atoms with Crippen LogP contribution in [-0.2, 0) is 16.4 Å². The molecule has 1 atom stereocenters. The number of benzene rings is 1. The first-order valence-electron chi connectivity index (χ1n) is 8.52. The average molecular weight is 400 g/mol. The molecule has 0 spiro atoms. The Bertz CT molecular complexity index is 1100. The topological polar surface area (TPSA) is 120 Å². The van der Waals surface area contributed by atoms with Crippen molar-refractivity contribution >= 4 is 15.7 Å². The number of carbonyl (C=O) groups is 1. The number of hydrogen-bond acceptors (Lipinski definition) is 7. The van der Waals surface area contributed by atoms with Crippen LogP contribution in [0, 0.1) is 6.92 Å². The molecule has 0 saturated heterocycles. The van der Waals surface area contributed by atoms with Crippen LogP contribution in [0.2, 0.25) is 0 Å². The maximum atomic E-state index is 12.6. The third kappa shape index (κ3) is 4.58. The summed E-state index contributed by atoms with van der Waals surface area (Å²) in [6.45, 7) is 3.98. The Balaban J connectivity index is 1.69. The number of aryl methyl sites for hydroxylation is 1. The summed E-state index contributed by atoms with van der Waals surface area (Å²) in [6.07, 6.45) is 7.58. The first-order chi connectivity index (χ1) is 13.2. The van der Waals surface area contributed by atoms with Crippen LogP contribution >= 0.6 is 0 Å². The van der Waals surface area contributed by atoms with Gasteiger partial charge in [0.1, 0.15) is 11.4 Å². The zero-order valence-electron chi connectivity index (χ0n) is 15.7. The highest BCUT2D eigenvalue weighted by molar-refractivity contribution is 7.90. The van der Waals surface area contributed by atoms with E-state index in [0.717, 1.165) is 6.26 Å². The lowest BCUT2D eigenvalue weighted by atomic mass is 10.1. The van der Waals surface area contributed by atoms with Gasteiger partial charge in [0.15, 0.2) is 9.84 Å². The molecule has 0 aliphatic carbocycles. The Labute approximate surface area is 162 Å². The smallest absolute Gasteiger partial charge is 0.251 e. The van der Waals surface area contributed by atoms with Gasteiger partial charge in [0.2, 0.25) is 0 Å². The normalized spacial score (nSPS) is 12.5. The van der Waals surface area contributed by atoms with E-state index in [4.69, 9.17) is 0 Å². The van der Waals surface area contributed by atoms with E-state index >= 15 is 0 Å². The summed E-state index contributed by atoms with van der Waals surface area (Å²) in [4.78, 5) is 20.9. The Morgan fingerprint density at radius 2 is 2.04 bits per heavy atom.